The Morgan fingerprint density at radius 1 is 1.11 bits per heavy atom. The van der Waals surface area contributed by atoms with Crippen LogP contribution in [0.1, 0.15) is 12.5 Å². The van der Waals surface area contributed by atoms with Crippen molar-refractivity contribution in [2.24, 2.45) is 0 Å². The van der Waals surface area contributed by atoms with Crippen LogP contribution in [0.15, 0.2) is 41.3 Å². The number of halogens is 2. The molecule has 0 aliphatic heterocycles. The normalized spacial score (nSPS) is 10.2. The molecule has 0 N–H and O–H groups in total. The molecule has 0 amide bonds. The second-order valence-electron chi connectivity index (χ2n) is 4.02. The first-order chi connectivity index (χ1) is 9.15. The first-order valence-corrected chi connectivity index (χ1v) is 6.61. The van der Waals surface area contributed by atoms with Crippen molar-refractivity contribution in [1.82, 2.24) is 0 Å². The zero-order valence-electron chi connectivity index (χ0n) is 10.3. The Balaban J connectivity index is 2.49. The third-order valence-corrected chi connectivity index (χ3v) is 3.50. The lowest BCUT2D eigenvalue weighted by molar-refractivity contribution is 0.542. The fraction of sp³-hybridized carbons (Fsp3) is 0.133. The monoisotopic (exact) mass is 275 g/mol. The van der Waals surface area contributed by atoms with Crippen LogP contribution in [0.25, 0.3) is 11.1 Å². The standard InChI is InChI=1S/C15H11F2NS/c1-2-10-4-3-5-11(6-10)12-7-13(16)15(19-9-18)14(17)8-12/h3-8H,2H2,1H3. The van der Waals surface area contributed by atoms with Gasteiger partial charge in [-0.1, -0.05) is 31.2 Å². The first kappa shape index (κ1) is 13.6. The van der Waals surface area contributed by atoms with Gasteiger partial charge >= 0.3 is 0 Å². The van der Waals surface area contributed by atoms with Gasteiger partial charge in [0.2, 0.25) is 0 Å². The van der Waals surface area contributed by atoms with Gasteiger partial charge in [-0.3, -0.25) is 0 Å². The van der Waals surface area contributed by atoms with Gasteiger partial charge in [0.05, 0.1) is 4.90 Å². The Kier molecular flexibility index (Phi) is 4.18. The number of thiocyanates is 1. The van der Waals surface area contributed by atoms with Crippen molar-refractivity contribution in [3.8, 4) is 16.5 Å². The molecule has 0 unspecified atom stereocenters. The lowest BCUT2D eigenvalue weighted by Gasteiger charge is -2.07. The van der Waals surface area contributed by atoms with Crippen LogP contribution in [0.4, 0.5) is 8.78 Å². The highest BCUT2D eigenvalue weighted by atomic mass is 32.2. The van der Waals surface area contributed by atoms with Gasteiger partial charge in [-0.2, -0.15) is 5.26 Å². The molecule has 19 heavy (non-hydrogen) atoms. The van der Waals surface area contributed by atoms with E-state index in [-0.39, 0.29) is 4.90 Å². The van der Waals surface area contributed by atoms with Gasteiger partial charge in [0.15, 0.2) is 0 Å². The summed E-state index contributed by atoms with van der Waals surface area (Å²) < 4.78 is 27.5. The van der Waals surface area contributed by atoms with Crippen molar-refractivity contribution < 1.29 is 8.78 Å². The first-order valence-electron chi connectivity index (χ1n) is 5.80. The predicted octanol–water partition coefficient (Wildman–Crippen LogP) is 4.77. The SMILES string of the molecule is CCc1cccc(-c2cc(F)c(SC#N)c(F)c2)c1. The summed E-state index contributed by atoms with van der Waals surface area (Å²) in [5.74, 6) is -1.41. The van der Waals surface area contributed by atoms with E-state index in [0.717, 1.165) is 17.5 Å². The van der Waals surface area contributed by atoms with Crippen LogP contribution in [0.3, 0.4) is 0 Å². The topological polar surface area (TPSA) is 23.8 Å². The van der Waals surface area contributed by atoms with E-state index < -0.39 is 11.6 Å². The highest BCUT2D eigenvalue weighted by Crippen LogP contribution is 2.30. The van der Waals surface area contributed by atoms with Crippen LogP contribution in [0.5, 0.6) is 0 Å². The maximum atomic E-state index is 13.8. The molecule has 0 bridgehead atoms. The largest absolute Gasteiger partial charge is 0.206 e. The third kappa shape index (κ3) is 2.94. The van der Waals surface area contributed by atoms with E-state index in [2.05, 4.69) is 0 Å². The van der Waals surface area contributed by atoms with E-state index in [9.17, 15) is 8.78 Å². The molecule has 96 valence electrons. The maximum Gasteiger partial charge on any atom is 0.141 e. The molecule has 2 aromatic rings. The Hall–Kier alpha value is -1.86. The molecule has 0 aliphatic rings. The molecule has 0 fully saturated rings. The zero-order valence-corrected chi connectivity index (χ0v) is 11.1. The number of rotatable bonds is 3. The molecule has 0 saturated heterocycles. The average Bonchev–Trinajstić information content (AvgIpc) is 2.42. The lowest BCUT2D eigenvalue weighted by Crippen LogP contribution is -1.90. The predicted molar refractivity (Wildman–Crippen MR) is 72.6 cm³/mol. The summed E-state index contributed by atoms with van der Waals surface area (Å²) >= 11 is 0.496. The molecule has 0 heterocycles. The molecule has 2 aromatic carbocycles. The Morgan fingerprint density at radius 3 is 2.37 bits per heavy atom. The fourth-order valence-corrected chi connectivity index (χ4v) is 2.24. The third-order valence-electron chi connectivity index (χ3n) is 2.81. The van der Waals surface area contributed by atoms with Crippen molar-refractivity contribution in [3.05, 3.63) is 53.6 Å². The summed E-state index contributed by atoms with van der Waals surface area (Å²) in [6, 6.07) is 10.1. The summed E-state index contributed by atoms with van der Waals surface area (Å²) in [4.78, 5) is -0.252. The van der Waals surface area contributed by atoms with Gasteiger partial charge in [0.1, 0.15) is 17.0 Å². The Morgan fingerprint density at radius 2 is 1.79 bits per heavy atom. The van der Waals surface area contributed by atoms with Crippen LogP contribution >= 0.6 is 11.8 Å². The molecule has 0 saturated carbocycles. The number of benzene rings is 2. The van der Waals surface area contributed by atoms with E-state index >= 15 is 0 Å². The summed E-state index contributed by atoms with van der Waals surface area (Å²) in [6.45, 7) is 2.02. The zero-order chi connectivity index (χ0) is 13.8. The summed E-state index contributed by atoms with van der Waals surface area (Å²) in [6.07, 6.45) is 0.862. The second kappa shape index (κ2) is 5.85. The highest BCUT2D eigenvalue weighted by molar-refractivity contribution is 8.03. The van der Waals surface area contributed by atoms with Crippen molar-refractivity contribution in [2.75, 3.05) is 0 Å². The number of aryl methyl sites for hydroxylation is 1. The van der Waals surface area contributed by atoms with Crippen molar-refractivity contribution in [1.29, 1.82) is 5.26 Å². The molecular formula is C15H11F2NS. The number of thioether (sulfide) groups is 1. The molecule has 4 heteroatoms. The number of nitrogens with zero attached hydrogens (tertiary/aromatic N) is 1. The van der Waals surface area contributed by atoms with Crippen LogP contribution < -0.4 is 0 Å². The van der Waals surface area contributed by atoms with Gasteiger partial charge in [-0.15, -0.1) is 0 Å². The smallest absolute Gasteiger partial charge is 0.141 e. The fourth-order valence-electron chi connectivity index (χ4n) is 1.84. The summed E-state index contributed by atoms with van der Waals surface area (Å²) in [5, 5.41) is 10.2. The minimum atomic E-state index is -0.705. The molecule has 0 spiro atoms. The van der Waals surface area contributed by atoms with E-state index in [1.54, 1.807) is 5.40 Å². The molecule has 2 rings (SSSR count). The van der Waals surface area contributed by atoms with Crippen LogP contribution in [-0.4, -0.2) is 0 Å². The van der Waals surface area contributed by atoms with Gasteiger partial charge in [-0.05, 0) is 47.0 Å². The minimum absolute atomic E-state index is 0.252. The van der Waals surface area contributed by atoms with Crippen LogP contribution in [0, 0.1) is 22.3 Å². The maximum absolute atomic E-state index is 13.8. The van der Waals surface area contributed by atoms with Crippen LogP contribution in [0.2, 0.25) is 0 Å². The molecule has 1 nitrogen and oxygen atoms in total. The minimum Gasteiger partial charge on any atom is -0.206 e. The van der Waals surface area contributed by atoms with E-state index in [1.165, 1.54) is 12.1 Å². The van der Waals surface area contributed by atoms with E-state index in [1.807, 2.05) is 31.2 Å². The number of hydrogen-bond acceptors (Lipinski definition) is 2. The van der Waals surface area contributed by atoms with E-state index in [4.69, 9.17) is 5.26 Å². The highest BCUT2D eigenvalue weighted by Gasteiger charge is 2.12. The average molecular weight is 275 g/mol. The quantitative estimate of drug-likeness (QED) is 0.595. The number of nitriles is 1. The molecule has 0 aliphatic carbocycles. The van der Waals surface area contributed by atoms with Gasteiger partial charge < -0.3 is 0 Å². The summed E-state index contributed by atoms with van der Waals surface area (Å²) in [7, 11) is 0. The van der Waals surface area contributed by atoms with Crippen molar-refractivity contribution in [3.63, 3.8) is 0 Å². The Bertz CT molecular complexity index is 624. The molecule has 0 aromatic heterocycles. The van der Waals surface area contributed by atoms with Gasteiger partial charge in [0, 0.05) is 0 Å². The van der Waals surface area contributed by atoms with Gasteiger partial charge in [0.25, 0.3) is 0 Å². The van der Waals surface area contributed by atoms with E-state index in [0.29, 0.717) is 17.3 Å². The summed E-state index contributed by atoms with van der Waals surface area (Å²) in [5.41, 5.74) is 2.35. The van der Waals surface area contributed by atoms with Crippen LogP contribution in [-0.2, 0) is 6.42 Å². The molecular weight excluding hydrogens is 264 g/mol. The second-order valence-corrected chi connectivity index (χ2v) is 4.81. The Labute approximate surface area is 114 Å². The molecule has 0 radical (unpaired) electrons. The van der Waals surface area contributed by atoms with Crippen molar-refractivity contribution in [2.45, 2.75) is 18.2 Å². The molecule has 0 atom stereocenters. The lowest BCUT2D eigenvalue weighted by atomic mass is 10.0. The number of hydrogen-bond donors (Lipinski definition) is 0. The van der Waals surface area contributed by atoms with Gasteiger partial charge in [-0.25, -0.2) is 8.78 Å². The van der Waals surface area contributed by atoms with Crippen molar-refractivity contribution >= 4 is 11.8 Å².